The van der Waals surface area contributed by atoms with Gasteiger partial charge in [-0.05, 0) is 25.4 Å². The largest absolute Gasteiger partial charge is 0.300 e. The van der Waals surface area contributed by atoms with Crippen molar-refractivity contribution in [3.8, 4) is 0 Å². The van der Waals surface area contributed by atoms with Gasteiger partial charge in [0, 0.05) is 5.92 Å². The Morgan fingerprint density at radius 3 is 2.56 bits per heavy atom. The average Bonchev–Trinajstić information content (AvgIpc) is 1.82. The maximum Gasteiger partial charge on any atom is 0.132 e. The van der Waals surface area contributed by atoms with E-state index in [1.54, 1.807) is 18.7 Å². The molecule has 0 aliphatic carbocycles. The first kappa shape index (κ1) is 9.02. The van der Waals surface area contributed by atoms with Crippen molar-refractivity contribution in [2.45, 2.75) is 20.3 Å². The third-order valence-corrected chi connectivity index (χ3v) is 2.09. The number of hydrogen-bond acceptors (Lipinski definition) is 2. The van der Waals surface area contributed by atoms with E-state index in [1.165, 1.54) is 0 Å². The molecule has 9 heavy (non-hydrogen) atoms. The van der Waals surface area contributed by atoms with Gasteiger partial charge in [0.25, 0.3) is 0 Å². The molecule has 0 aromatic carbocycles. The highest BCUT2D eigenvalue weighted by atomic mass is 32.2. The fraction of sp³-hybridized carbons (Fsp3) is 0.857. The minimum absolute atomic E-state index is 0.262. The second-order valence-electron chi connectivity index (χ2n) is 2.29. The van der Waals surface area contributed by atoms with Gasteiger partial charge in [-0.25, -0.2) is 0 Å². The van der Waals surface area contributed by atoms with Crippen LogP contribution in [0.25, 0.3) is 0 Å². The van der Waals surface area contributed by atoms with Gasteiger partial charge in [0.15, 0.2) is 0 Å². The summed E-state index contributed by atoms with van der Waals surface area (Å²) in [5, 5.41) is 0. The lowest BCUT2D eigenvalue weighted by molar-refractivity contribution is -0.120. The van der Waals surface area contributed by atoms with E-state index in [-0.39, 0.29) is 5.92 Å². The van der Waals surface area contributed by atoms with Crippen LogP contribution in [0.2, 0.25) is 0 Å². The number of Topliss-reactive ketones (excluding diaryl/α,β-unsaturated/α-hetero) is 1. The first-order valence-electron chi connectivity index (χ1n) is 3.18. The molecule has 0 spiro atoms. The summed E-state index contributed by atoms with van der Waals surface area (Å²) < 4.78 is 0. The first-order chi connectivity index (χ1) is 4.18. The van der Waals surface area contributed by atoms with E-state index in [0.717, 1.165) is 12.2 Å². The molecule has 0 fully saturated rings. The van der Waals surface area contributed by atoms with E-state index >= 15 is 0 Å². The zero-order valence-corrected chi connectivity index (χ0v) is 7.12. The summed E-state index contributed by atoms with van der Waals surface area (Å²) in [6.45, 7) is 3.64. The van der Waals surface area contributed by atoms with Gasteiger partial charge in [-0.1, -0.05) is 6.92 Å². The molecule has 0 heterocycles. The number of thioether (sulfide) groups is 1. The van der Waals surface area contributed by atoms with Gasteiger partial charge in [-0.3, -0.25) is 4.79 Å². The normalized spacial score (nSPS) is 13.2. The lowest BCUT2D eigenvalue weighted by Crippen LogP contribution is -2.06. The molecule has 2 heteroatoms. The minimum Gasteiger partial charge on any atom is -0.300 e. The summed E-state index contributed by atoms with van der Waals surface area (Å²) in [7, 11) is 0. The zero-order chi connectivity index (χ0) is 7.28. The van der Waals surface area contributed by atoms with Crippen molar-refractivity contribution in [1.82, 2.24) is 0 Å². The Bertz CT molecular complexity index is 90.9. The molecule has 0 aromatic heterocycles. The van der Waals surface area contributed by atoms with Gasteiger partial charge in [-0.2, -0.15) is 11.8 Å². The first-order valence-corrected chi connectivity index (χ1v) is 4.57. The lowest BCUT2D eigenvalue weighted by Gasteiger charge is -2.03. The van der Waals surface area contributed by atoms with Crippen LogP contribution in [-0.2, 0) is 4.79 Å². The number of hydrogen-bond donors (Lipinski definition) is 0. The molecule has 0 aliphatic rings. The third-order valence-electron chi connectivity index (χ3n) is 1.45. The molecule has 0 rings (SSSR count). The number of rotatable bonds is 4. The van der Waals surface area contributed by atoms with E-state index in [2.05, 4.69) is 6.26 Å². The topological polar surface area (TPSA) is 17.1 Å². The Balaban J connectivity index is 3.27. The molecule has 0 N–H and O–H groups in total. The molecule has 0 aromatic rings. The van der Waals surface area contributed by atoms with Crippen molar-refractivity contribution in [2.24, 2.45) is 5.92 Å². The van der Waals surface area contributed by atoms with E-state index in [9.17, 15) is 4.79 Å². The highest BCUT2D eigenvalue weighted by Crippen LogP contribution is 2.06. The molecule has 1 nitrogen and oxygen atoms in total. The monoisotopic (exact) mass is 146 g/mol. The van der Waals surface area contributed by atoms with E-state index < -0.39 is 0 Å². The van der Waals surface area contributed by atoms with E-state index in [0.29, 0.717) is 5.78 Å². The molecule has 0 radical (unpaired) electrons. The lowest BCUT2D eigenvalue weighted by atomic mass is 10.1. The highest BCUT2D eigenvalue weighted by Gasteiger charge is 2.04. The van der Waals surface area contributed by atoms with Crippen LogP contribution in [-0.4, -0.2) is 17.8 Å². The van der Waals surface area contributed by atoms with Gasteiger partial charge in [-0.15, -0.1) is 0 Å². The van der Waals surface area contributed by atoms with Crippen molar-refractivity contribution in [2.75, 3.05) is 12.0 Å². The van der Waals surface area contributed by atoms with Crippen LogP contribution < -0.4 is 0 Å². The van der Waals surface area contributed by atoms with Crippen LogP contribution in [0.5, 0.6) is 0 Å². The molecular weight excluding hydrogens is 132 g/mol. The molecule has 0 unspecified atom stereocenters. The summed E-state index contributed by atoms with van der Waals surface area (Å²) >= 11 is 1.80. The van der Waals surface area contributed by atoms with E-state index in [4.69, 9.17) is 0 Å². The van der Waals surface area contributed by atoms with Crippen molar-refractivity contribution >= 4 is 17.5 Å². The van der Waals surface area contributed by atoms with Crippen LogP contribution in [0.4, 0.5) is 0 Å². The van der Waals surface area contributed by atoms with Gasteiger partial charge in [0.1, 0.15) is 5.78 Å². The Morgan fingerprint density at radius 2 is 2.22 bits per heavy atom. The SMILES string of the molecule is CSCC[C@H](C)C(C)=O. The highest BCUT2D eigenvalue weighted by molar-refractivity contribution is 7.98. The van der Waals surface area contributed by atoms with Crippen molar-refractivity contribution in [3.05, 3.63) is 0 Å². The van der Waals surface area contributed by atoms with Crippen molar-refractivity contribution < 1.29 is 4.79 Å². The Labute approximate surface area is 61.2 Å². The van der Waals surface area contributed by atoms with Crippen LogP contribution >= 0.6 is 11.8 Å². The smallest absolute Gasteiger partial charge is 0.132 e. The summed E-state index contributed by atoms with van der Waals surface area (Å²) in [6, 6.07) is 0. The Hall–Kier alpha value is 0.0200. The number of carbonyl (C=O) groups is 1. The molecule has 1 atom stereocenters. The summed E-state index contributed by atoms with van der Waals surface area (Å²) in [5.41, 5.74) is 0. The average molecular weight is 146 g/mol. The predicted octanol–water partition coefficient (Wildman–Crippen LogP) is 1.96. The van der Waals surface area contributed by atoms with Crippen molar-refractivity contribution in [1.29, 1.82) is 0 Å². The number of carbonyl (C=O) groups excluding carboxylic acids is 1. The molecule has 0 saturated carbocycles. The van der Waals surface area contributed by atoms with Crippen molar-refractivity contribution in [3.63, 3.8) is 0 Å². The molecular formula is C7H14OS. The molecule has 0 aliphatic heterocycles. The van der Waals surface area contributed by atoms with Gasteiger partial charge in [0.2, 0.25) is 0 Å². The van der Waals surface area contributed by atoms with Crippen LogP contribution in [0.3, 0.4) is 0 Å². The molecule has 0 bridgehead atoms. The van der Waals surface area contributed by atoms with Gasteiger partial charge >= 0.3 is 0 Å². The van der Waals surface area contributed by atoms with Gasteiger partial charge in [0.05, 0.1) is 0 Å². The van der Waals surface area contributed by atoms with E-state index in [1.807, 2.05) is 6.92 Å². The summed E-state index contributed by atoms with van der Waals surface area (Å²) in [6.07, 6.45) is 3.09. The third kappa shape index (κ3) is 4.52. The number of ketones is 1. The van der Waals surface area contributed by atoms with Crippen LogP contribution in [0.1, 0.15) is 20.3 Å². The molecule has 54 valence electrons. The predicted molar refractivity (Wildman–Crippen MR) is 42.8 cm³/mol. The second-order valence-corrected chi connectivity index (χ2v) is 3.28. The van der Waals surface area contributed by atoms with Crippen LogP contribution in [0, 0.1) is 5.92 Å². The maximum atomic E-state index is 10.6. The maximum absolute atomic E-state index is 10.6. The molecule has 0 saturated heterocycles. The summed E-state index contributed by atoms with van der Waals surface area (Å²) in [5.74, 6) is 1.67. The minimum atomic E-state index is 0.262. The van der Waals surface area contributed by atoms with Gasteiger partial charge < -0.3 is 0 Å². The Morgan fingerprint density at radius 1 is 1.67 bits per heavy atom. The quantitative estimate of drug-likeness (QED) is 0.603. The van der Waals surface area contributed by atoms with Crippen LogP contribution in [0.15, 0.2) is 0 Å². The fourth-order valence-electron chi connectivity index (χ4n) is 0.498. The second kappa shape index (κ2) is 4.86. The zero-order valence-electron chi connectivity index (χ0n) is 6.31. The summed E-state index contributed by atoms with van der Waals surface area (Å²) in [4.78, 5) is 10.6. The fourth-order valence-corrected chi connectivity index (χ4v) is 1.09. The molecule has 0 amide bonds. The standard InChI is InChI=1S/C7H14OS/c1-6(7(2)8)4-5-9-3/h6H,4-5H2,1-3H3/t6-/m0/s1. The Kier molecular flexibility index (Phi) is 4.87.